The molecule has 8 nitrogen and oxygen atoms in total. The van der Waals surface area contributed by atoms with Gasteiger partial charge in [0.2, 0.25) is 5.89 Å². The number of nitrogens with zero attached hydrogens (tertiary/aromatic N) is 3. The van der Waals surface area contributed by atoms with E-state index in [0.29, 0.717) is 29.6 Å². The number of esters is 1. The number of fused-ring (bicyclic) bond motifs is 7. The molecule has 7 rings (SSSR count). The maximum Gasteiger partial charge on any atom is 0.417 e. The van der Waals surface area contributed by atoms with Crippen LogP contribution in [0.5, 0.6) is 0 Å². The Bertz CT molecular complexity index is 1850. The van der Waals surface area contributed by atoms with E-state index in [1.165, 1.54) is 17.2 Å². The van der Waals surface area contributed by atoms with E-state index in [0.717, 1.165) is 76.5 Å². The van der Waals surface area contributed by atoms with Gasteiger partial charge in [-0.15, -0.1) is 10.2 Å². The van der Waals surface area contributed by atoms with E-state index < -0.39 is 34.5 Å². The normalized spacial score (nSPS) is 36.2. The lowest BCUT2D eigenvalue weighted by Crippen LogP contribution is -2.66. The number of ether oxygens (including phenoxy) is 1. The Labute approximate surface area is 317 Å². The van der Waals surface area contributed by atoms with Crippen molar-refractivity contribution in [3.63, 3.8) is 0 Å². The number of alkyl halides is 3. The van der Waals surface area contributed by atoms with Crippen molar-refractivity contribution in [2.45, 2.75) is 151 Å². The highest BCUT2D eigenvalue weighted by molar-refractivity contribution is 5.81. The first-order valence-electron chi connectivity index (χ1n) is 20.1. The van der Waals surface area contributed by atoms with Gasteiger partial charge in [0.05, 0.1) is 22.8 Å². The summed E-state index contributed by atoms with van der Waals surface area (Å²) in [6.07, 6.45) is 5.72. The maximum atomic E-state index is 13.2. The molecule has 8 atom stereocenters. The Morgan fingerprint density at radius 2 is 1.65 bits per heavy atom. The molecule has 4 saturated carbocycles. The minimum Gasteiger partial charge on any atom is -0.481 e. The third-order valence-corrected chi connectivity index (χ3v) is 16.2. The molecular formula is C43H58F3N3O5. The molecule has 5 aliphatic rings. The molecule has 0 spiro atoms. The minimum atomic E-state index is -4.48. The van der Waals surface area contributed by atoms with Crippen molar-refractivity contribution in [2.24, 2.45) is 50.7 Å². The summed E-state index contributed by atoms with van der Waals surface area (Å²) in [6.45, 7) is 19.9. The fourth-order valence-corrected chi connectivity index (χ4v) is 13.0. The second-order valence-corrected chi connectivity index (χ2v) is 19.8. The molecule has 296 valence electrons. The van der Waals surface area contributed by atoms with Gasteiger partial charge in [0.15, 0.2) is 0 Å². The molecule has 2 aromatic heterocycles. The van der Waals surface area contributed by atoms with E-state index in [1.54, 1.807) is 13.8 Å². The molecule has 54 heavy (non-hydrogen) atoms. The van der Waals surface area contributed by atoms with Crippen LogP contribution in [0, 0.1) is 50.7 Å². The number of aromatic nitrogens is 3. The Morgan fingerprint density at radius 3 is 2.28 bits per heavy atom. The number of halogens is 3. The molecule has 0 aliphatic heterocycles. The molecular weight excluding hydrogens is 695 g/mol. The Balaban J connectivity index is 1.17. The second-order valence-electron chi connectivity index (χ2n) is 19.8. The summed E-state index contributed by atoms with van der Waals surface area (Å²) in [5, 5.41) is 18.6. The molecule has 2 heterocycles. The monoisotopic (exact) mass is 753 g/mol. The predicted molar refractivity (Wildman–Crippen MR) is 197 cm³/mol. The summed E-state index contributed by atoms with van der Waals surface area (Å²) in [7, 11) is 0. The van der Waals surface area contributed by atoms with Gasteiger partial charge < -0.3 is 14.3 Å². The number of carboxylic acids is 1. The fourth-order valence-electron chi connectivity index (χ4n) is 13.0. The van der Waals surface area contributed by atoms with Crippen LogP contribution in [-0.2, 0) is 25.9 Å². The van der Waals surface area contributed by atoms with Gasteiger partial charge >= 0.3 is 18.1 Å². The van der Waals surface area contributed by atoms with Crippen molar-refractivity contribution in [2.75, 3.05) is 0 Å². The molecule has 0 unspecified atom stereocenters. The molecule has 0 radical (unpaired) electrons. The predicted octanol–water partition coefficient (Wildman–Crippen LogP) is 10.6. The van der Waals surface area contributed by atoms with Crippen LogP contribution in [0.4, 0.5) is 13.2 Å². The first-order valence-corrected chi connectivity index (χ1v) is 20.1. The number of carboxylic acid groups (broad SMARTS) is 1. The van der Waals surface area contributed by atoms with E-state index in [1.807, 2.05) is 0 Å². The van der Waals surface area contributed by atoms with Crippen molar-refractivity contribution in [1.82, 2.24) is 15.2 Å². The van der Waals surface area contributed by atoms with Gasteiger partial charge in [-0.1, -0.05) is 59.6 Å². The highest BCUT2D eigenvalue weighted by atomic mass is 19.4. The summed E-state index contributed by atoms with van der Waals surface area (Å²) < 4.78 is 52.3. The number of hydrogen-bond acceptors (Lipinski definition) is 7. The topological polar surface area (TPSA) is 115 Å². The van der Waals surface area contributed by atoms with Gasteiger partial charge in [-0.25, -0.2) is 0 Å². The van der Waals surface area contributed by atoms with Crippen molar-refractivity contribution in [1.29, 1.82) is 0 Å². The summed E-state index contributed by atoms with van der Waals surface area (Å²) in [6, 6.07) is 2.31. The van der Waals surface area contributed by atoms with Crippen LogP contribution in [0.25, 0.3) is 11.6 Å². The van der Waals surface area contributed by atoms with Crippen LogP contribution in [0.15, 0.2) is 33.9 Å². The van der Waals surface area contributed by atoms with Crippen molar-refractivity contribution < 1.29 is 37.0 Å². The zero-order valence-electron chi connectivity index (χ0n) is 33.5. The summed E-state index contributed by atoms with van der Waals surface area (Å²) in [5.74, 6) is 0.834. The molecule has 1 N–H and O–H groups in total. The number of rotatable bonds is 7. The number of allylic oxidation sites excluding steroid dienone is 2. The highest BCUT2D eigenvalue weighted by Gasteiger charge is 2.70. The SMILES string of the molecule is CC(C)C1=C2[C@H]3CC[C@@H]4[C@@]5(C)CC[C@H](OC(=O)CC(C)(C)C(=O)O)C(C)(C)[C@@H]5CC[C@@]4(C)[C@]3(C)CC[C@@]2(c2nnc(-c3ccc(C(F)(F)F)cn3)o2)CC1. The van der Waals surface area contributed by atoms with Gasteiger partial charge in [-0.2, -0.15) is 13.2 Å². The van der Waals surface area contributed by atoms with Crippen molar-refractivity contribution >= 4 is 11.9 Å². The van der Waals surface area contributed by atoms with Crippen LogP contribution >= 0.6 is 0 Å². The highest BCUT2D eigenvalue weighted by Crippen LogP contribution is 2.77. The largest absolute Gasteiger partial charge is 0.481 e. The number of hydrogen-bond donors (Lipinski definition) is 1. The van der Waals surface area contributed by atoms with E-state index >= 15 is 0 Å². The number of pyridine rings is 1. The van der Waals surface area contributed by atoms with Gasteiger partial charge in [-0.3, -0.25) is 14.6 Å². The Kier molecular flexibility index (Phi) is 9.13. The average Bonchev–Trinajstić information content (AvgIpc) is 3.73. The maximum absolute atomic E-state index is 13.2. The molecule has 0 bridgehead atoms. The van der Waals surface area contributed by atoms with Crippen molar-refractivity contribution in [3.05, 3.63) is 40.9 Å². The van der Waals surface area contributed by atoms with Gasteiger partial charge in [-0.05, 0) is 130 Å². The lowest BCUT2D eigenvalue weighted by atomic mass is 9.33. The van der Waals surface area contributed by atoms with E-state index in [4.69, 9.17) is 9.15 Å². The zero-order valence-corrected chi connectivity index (χ0v) is 33.5. The Hall–Kier alpha value is -3.24. The molecule has 2 aromatic rings. The molecule has 0 aromatic carbocycles. The fraction of sp³-hybridized carbons (Fsp3) is 0.744. The number of carbonyl (C=O) groups is 2. The second kappa shape index (κ2) is 12.6. The van der Waals surface area contributed by atoms with E-state index in [2.05, 4.69) is 63.6 Å². The van der Waals surface area contributed by atoms with E-state index in [-0.39, 0.29) is 45.8 Å². The van der Waals surface area contributed by atoms with Gasteiger partial charge in [0.25, 0.3) is 5.89 Å². The quantitative estimate of drug-likeness (QED) is 0.219. The number of carbonyl (C=O) groups excluding carboxylic acids is 1. The summed E-state index contributed by atoms with van der Waals surface area (Å²) >= 11 is 0. The molecule has 11 heteroatoms. The average molecular weight is 754 g/mol. The van der Waals surface area contributed by atoms with Crippen LogP contribution in [0.2, 0.25) is 0 Å². The molecule has 5 aliphatic carbocycles. The standard InChI is InChI=1S/C43H58F3N3O5/c1-24(2)26-14-19-42(35-49-48-34(54-35)28-12-10-25(23-47-28)43(44,45)46)21-20-40(8)27(33(26)42)11-13-30-39(7)17-16-31(53-32(50)22-37(3,4)36(51)52)38(5,6)29(39)15-18-41(30,40)9/h10,12,23-24,27,29-31H,11,13-22H2,1-9H3,(H,51,52)/t27-,29+,30-,31+,39+,40-,41-,42+/m1/s1. The molecule has 0 saturated heterocycles. The van der Waals surface area contributed by atoms with Crippen LogP contribution in [0.3, 0.4) is 0 Å². The third-order valence-electron chi connectivity index (χ3n) is 16.2. The van der Waals surface area contributed by atoms with Gasteiger partial charge in [0.1, 0.15) is 11.8 Å². The summed E-state index contributed by atoms with van der Waals surface area (Å²) in [4.78, 5) is 28.9. The first kappa shape index (κ1) is 39.0. The zero-order chi connectivity index (χ0) is 39.4. The first-order chi connectivity index (χ1) is 25.0. The lowest BCUT2D eigenvalue weighted by molar-refractivity contribution is -0.232. The molecule has 0 amide bonds. The molecule has 4 fully saturated rings. The lowest BCUT2D eigenvalue weighted by Gasteiger charge is -2.72. The van der Waals surface area contributed by atoms with E-state index in [9.17, 15) is 27.9 Å². The summed E-state index contributed by atoms with van der Waals surface area (Å²) in [5.41, 5.74) is 0.719. The van der Waals surface area contributed by atoms with Gasteiger partial charge in [0, 0.05) is 11.6 Å². The Morgan fingerprint density at radius 1 is 0.926 bits per heavy atom. The third kappa shape index (κ3) is 5.69. The van der Waals surface area contributed by atoms with Crippen LogP contribution in [0.1, 0.15) is 144 Å². The van der Waals surface area contributed by atoms with Crippen LogP contribution in [-0.4, -0.2) is 38.3 Å². The smallest absolute Gasteiger partial charge is 0.417 e. The van der Waals surface area contributed by atoms with Crippen molar-refractivity contribution in [3.8, 4) is 11.6 Å². The number of aliphatic carboxylic acids is 1. The van der Waals surface area contributed by atoms with Crippen LogP contribution < -0.4 is 0 Å². The minimum absolute atomic E-state index is 0.0287.